The number of nitrogens with one attached hydrogen (secondary N) is 3. The fraction of sp³-hybridized carbons (Fsp3) is 0.241. The van der Waals surface area contributed by atoms with Gasteiger partial charge >= 0.3 is 5.97 Å². The summed E-state index contributed by atoms with van der Waals surface area (Å²) in [6.45, 7) is 0. The molecule has 1 heterocycles. The van der Waals surface area contributed by atoms with Crippen LogP contribution in [0.4, 0.5) is 17.1 Å². The van der Waals surface area contributed by atoms with Gasteiger partial charge < -0.3 is 20.7 Å². The maximum absolute atomic E-state index is 13.1. The molecule has 3 aromatic rings. The van der Waals surface area contributed by atoms with Crippen molar-refractivity contribution in [3.63, 3.8) is 0 Å². The standard InChI is InChI=1S/C29H29N3O3/c1-35-29(34)20-12-17-24-25(18-20)32-28(33)26(24)27(19-8-4-2-5-9-19)31-23-15-13-22(14-16-23)30-21-10-6-3-7-11-21/h2,4-5,8-9,12-18,21,30-31H,3,6-7,10-11H2,1H3,(H,32,33). The Balaban J connectivity index is 1.48. The summed E-state index contributed by atoms with van der Waals surface area (Å²) in [5.41, 5.74) is 5.86. The van der Waals surface area contributed by atoms with Gasteiger partial charge in [-0.05, 0) is 54.8 Å². The van der Waals surface area contributed by atoms with Crippen molar-refractivity contribution < 1.29 is 14.3 Å². The number of anilines is 3. The van der Waals surface area contributed by atoms with Crippen LogP contribution in [0.1, 0.15) is 53.6 Å². The lowest BCUT2D eigenvalue weighted by molar-refractivity contribution is -0.110. The molecular formula is C29H29N3O3. The van der Waals surface area contributed by atoms with Crippen molar-refractivity contribution in [3.8, 4) is 0 Å². The molecule has 35 heavy (non-hydrogen) atoms. The largest absolute Gasteiger partial charge is 0.465 e. The maximum Gasteiger partial charge on any atom is 0.337 e. The van der Waals surface area contributed by atoms with Crippen LogP contribution in [0.5, 0.6) is 0 Å². The number of hydrogen-bond donors (Lipinski definition) is 3. The molecule has 6 heteroatoms. The lowest BCUT2D eigenvalue weighted by Crippen LogP contribution is -2.22. The number of hydrogen-bond acceptors (Lipinski definition) is 5. The van der Waals surface area contributed by atoms with E-state index in [4.69, 9.17) is 4.74 Å². The Labute approximate surface area is 205 Å². The van der Waals surface area contributed by atoms with Gasteiger partial charge in [0.1, 0.15) is 0 Å². The van der Waals surface area contributed by atoms with Crippen LogP contribution >= 0.6 is 0 Å². The van der Waals surface area contributed by atoms with Gasteiger partial charge in [0.15, 0.2) is 0 Å². The van der Waals surface area contributed by atoms with Gasteiger partial charge in [0, 0.05) is 23.0 Å². The summed E-state index contributed by atoms with van der Waals surface area (Å²) < 4.78 is 4.82. The van der Waals surface area contributed by atoms with E-state index in [9.17, 15) is 9.59 Å². The van der Waals surface area contributed by atoms with E-state index in [1.807, 2.05) is 42.5 Å². The third kappa shape index (κ3) is 4.92. The van der Waals surface area contributed by atoms with E-state index in [0.717, 1.165) is 22.5 Å². The summed E-state index contributed by atoms with van der Waals surface area (Å²) in [4.78, 5) is 25.1. The lowest BCUT2D eigenvalue weighted by Gasteiger charge is -2.24. The molecule has 0 aromatic heterocycles. The second-order valence-electron chi connectivity index (χ2n) is 9.00. The van der Waals surface area contributed by atoms with Crippen LogP contribution in [-0.2, 0) is 9.53 Å². The molecule has 5 rings (SSSR count). The predicted octanol–water partition coefficient (Wildman–Crippen LogP) is 6.15. The second-order valence-corrected chi connectivity index (χ2v) is 9.00. The molecule has 0 atom stereocenters. The molecule has 3 aromatic carbocycles. The van der Waals surface area contributed by atoms with Crippen molar-refractivity contribution >= 4 is 40.2 Å². The number of amides is 1. The monoisotopic (exact) mass is 467 g/mol. The number of rotatable bonds is 6. The highest BCUT2D eigenvalue weighted by molar-refractivity contribution is 6.37. The second kappa shape index (κ2) is 10.1. The van der Waals surface area contributed by atoms with Crippen LogP contribution in [0.25, 0.3) is 11.3 Å². The number of ether oxygens (including phenoxy) is 1. The number of methoxy groups -OCH3 is 1. The number of carbonyl (C=O) groups excluding carboxylic acids is 2. The van der Waals surface area contributed by atoms with Gasteiger partial charge in [0.25, 0.3) is 5.91 Å². The highest BCUT2D eigenvalue weighted by atomic mass is 16.5. The van der Waals surface area contributed by atoms with Crippen molar-refractivity contribution in [2.24, 2.45) is 0 Å². The first-order valence-electron chi connectivity index (χ1n) is 12.1. The van der Waals surface area contributed by atoms with E-state index in [-0.39, 0.29) is 5.91 Å². The van der Waals surface area contributed by atoms with Crippen LogP contribution in [0.3, 0.4) is 0 Å². The first-order valence-corrected chi connectivity index (χ1v) is 12.1. The number of carbonyl (C=O) groups is 2. The topological polar surface area (TPSA) is 79.5 Å². The van der Waals surface area contributed by atoms with Gasteiger partial charge in [-0.3, -0.25) is 4.79 Å². The first-order chi connectivity index (χ1) is 17.1. The molecule has 0 spiro atoms. The summed E-state index contributed by atoms with van der Waals surface area (Å²) in [6.07, 6.45) is 6.34. The summed E-state index contributed by atoms with van der Waals surface area (Å²) in [7, 11) is 1.34. The molecule has 1 amide bonds. The number of benzene rings is 3. The third-order valence-electron chi connectivity index (χ3n) is 6.63. The van der Waals surface area contributed by atoms with E-state index in [1.165, 1.54) is 39.2 Å². The van der Waals surface area contributed by atoms with Gasteiger partial charge in [-0.15, -0.1) is 0 Å². The third-order valence-corrected chi connectivity index (χ3v) is 6.63. The van der Waals surface area contributed by atoms with Crippen LogP contribution in [-0.4, -0.2) is 25.0 Å². The van der Waals surface area contributed by atoms with E-state index >= 15 is 0 Å². The molecule has 0 bridgehead atoms. The van der Waals surface area contributed by atoms with Crippen molar-refractivity contribution in [3.05, 3.63) is 89.5 Å². The minimum Gasteiger partial charge on any atom is -0.465 e. The maximum atomic E-state index is 13.1. The molecule has 3 N–H and O–H groups in total. The number of esters is 1. The molecule has 1 saturated carbocycles. The number of fused-ring (bicyclic) bond motifs is 1. The quantitative estimate of drug-likeness (QED) is 0.299. The fourth-order valence-corrected chi connectivity index (χ4v) is 4.83. The van der Waals surface area contributed by atoms with Gasteiger partial charge in [-0.1, -0.05) is 55.7 Å². The Morgan fingerprint density at radius 1 is 0.886 bits per heavy atom. The van der Waals surface area contributed by atoms with Gasteiger partial charge in [0.2, 0.25) is 0 Å². The zero-order valence-corrected chi connectivity index (χ0v) is 19.8. The molecule has 1 aliphatic heterocycles. The molecule has 0 radical (unpaired) electrons. The van der Waals surface area contributed by atoms with Gasteiger partial charge in [-0.2, -0.15) is 0 Å². The van der Waals surface area contributed by atoms with E-state index in [1.54, 1.807) is 18.2 Å². The molecule has 178 valence electrons. The molecule has 6 nitrogen and oxygen atoms in total. The first kappa shape index (κ1) is 22.7. The van der Waals surface area contributed by atoms with Crippen LogP contribution in [0.2, 0.25) is 0 Å². The Bertz CT molecular complexity index is 1260. The molecule has 2 aliphatic rings. The van der Waals surface area contributed by atoms with Crippen molar-refractivity contribution in [2.45, 2.75) is 38.1 Å². The van der Waals surface area contributed by atoms with Crippen LogP contribution in [0, 0.1) is 0 Å². The summed E-state index contributed by atoms with van der Waals surface area (Å²) in [5, 5.41) is 10.0. The summed E-state index contributed by atoms with van der Waals surface area (Å²) in [6, 6.07) is 23.7. The summed E-state index contributed by atoms with van der Waals surface area (Å²) in [5.74, 6) is -0.660. The Morgan fingerprint density at radius 2 is 1.60 bits per heavy atom. The van der Waals surface area contributed by atoms with Crippen LogP contribution in [0.15, 0.2) is 72.8 Å². The average molecular weight is 468 g/mol. The van der Waals surface area contributed by atoms with Crippen molar-refractivity contribution in [2.75, 3.05) is 23.1 Å². The molecule has 0 saturated heterocycles. The highest BCUT2D eigenvalue weighted by Crippen LogP contribution is 2.38. The average Bonchev–Trinajstić information content (AvgIpc) is 3.23. The molecular weight excluding hydrogens is 438 g/mol. The van der Waals surface area contributed by atoms with Gasteiger partial charge in [0.05, 0.1) is 29.6 Å². The minimum atomic E-state index is -0.442. The Kier molecular flexibility index (Phi) is 6.53. The minimum absolute atomic E-state index is 0.219. The zero-order valence-electron chi connectivity index (χ0n) is 19.8. The summed E-state index contributed by atoms with van der Waals surface area (Å²) >= 11 is 0. The van der Waals surface area contributed by atoms with E-state index in [2.05, 4.69) is 28.1 Å². The normalized spacial score (nSPS) is 16.8. The molecule has 0 unspecified atom stereocenters. The predicted molar refractivity (Wildman–Crippen MR) is 140 cm³/mol. The fourth-order valence-electron chi connectivity index (χ4n) is 4.83. The van der Waals surface area contributed by atoms with E-state index in [0.29, 0.717) is 28.6 Å². The SMILES string of the molecule is COC(=O)c1ccc2c(c1)NC(=O)C2=C(Nc1ccc(NC2CCCCC2)cc1)c1ccccc1. The Hall–Kier alpha value is -4.06. The van der Waals surface area contributed by atoms with Crippen molar-refractivity contribution in [1.29, 1.82) is 0 Å². The van der Waals surface area contributed by atoms with Crippen molar-refractivity contribution in [1.82, 2.24) is 0 Å². The lowest BCUT2D eigenvalue weighted by atomic mass is 9.95. The van der Waals surface area contributed by atoms with Crippen LogP contribution < -0.4 is 16.0 Å². The smallest absolute Gasteiger partial charge is 0.337 e. The van der Waals surface area contributed by atoms with E-state index < -0.39 is 5.97 Å². The zero-order chi connectivity index (χ0) is 24.2. The molecule has 1 fully saturated rings. The molecule has 1 aliphatic carbocycles. The Morgan fingerprint density at radius 3 is 2.31 bits per heavy atom. The highest BCUT2D eigenvalue weighted by Gasteiger charge is 2.29. The van der Waals surface area contributed by atoms with Gasteiger partial charge in [-0.25, -0.2) is 4.79 Å².